The molecular weight excluding hydrogens is 248 g/mol. The molecule has 0 spiro atoms. The first kappa shape index (κ1) is 16.4. The van der Waals surface area contributed by atoms with Crippen LogP contribution in [-0.2, 0) is 14.3 Å². The summed E-state index contributed by atoms with van der Waals surface area (Å²) >= 11 is 0. The van der Waals surface area contributed by atoms with Crippen molar-refractivity contribution in [1.29, 1.82) is 0 Å². The zero-order valence-electron chi connectivity index (χ0n) is 11.9. The van der Waals surface area contributed by atoms with Crippen LogP contribution in [0, 0.1) is 0 Å². The average Bonchev–Trinajstić information content (AvgIpc) is 2.94. The quantitative estimate of drug-likeness (QED) is 0.560. The molecule has 1 amide bonds. The smallest absolute Gasteiger partial charge is 0.239 e. The van der Waals surface area contributed by atoms with Gasteiger partial charge in [-0.1, -0.05) is 0 Å². The van der Waals surface area contributed by atoms with Gasteiger partial charge in [-0.15, -0.1) is 0 Å². The highest BCUT2D eigenvalue weighted by Crippen LogP contribution is 2.08. The molecule has 0 aliphatic carbocycles. The number of methoxy groups -OCH3 is 1. The summed E-state index contributed by atoms with van der Waals surface area (Å²) in [5.41, 5.74) is 0. The normalized spacial score (nSPS) is 18.6. The fraction of sp³-hybridized carbons (Fsp3) is 0.923. The van der Waals surface area contributed by atoms with E-state index in [4.69, 9.17) is 9.47 Å². The minimum absolute atomic E-state index is 0.116. The lowest BCUT2D eigenvalue weighted by Gasteiger charge is -2.22. The van der Waals surface area contributed by atoms with Gasteiger partial charge in [-0.2, -0.15) is 0 Å². The molecule has 0 aromatic carbocycles. The molecule has 1 saturated heterocycles. The summed E-state index contributed by atoms with van der Waals surface area (Å²) in [4.78, 5) is 13.9. The Morgan fingerprint density at radius 3 is 2.68 bits per heavy atom. The van der Waals surface area contributed by atoms with Crippen molar-refractivity contribution in [3.8, 4) is 0 Å². The van der Waals surface area contributed by atoms with Gasteiger partial charge < -0.3 is 24.8 Å². The monoisotopic (exact) mass is 274 g/mol. The van der Waals surface area contributed by atoms with Crippen molar-refractivity contribution < 1.29 is 19.4 Å². The van der Waals surface area contributed by atoms with Crippen LogP contribution in [-0.4, -0.2) is 74.6 Å². The maximum absolute atomic E-state index is 12.0. The molecule has 1 rings (SSSR count). The zero-order valence-corrected chi connectivity index (χ0v) is 11.9. The van der Waals surface area contributed by atoms with E-state index in [9.17, 15) is 9.90 Å². The number of carbonyl (C=O) groups is 1. The lowest BCUT2D eigenvalue weighted by Crippen LogP contribution is -2.46. The minimum Gasteiger partial charge on any atom is -0.389 e. The molecule has 0 aromatic rings. The molecule has 112 valence electrons. The van der Waals surface area contributed by atoms with Crippen LogP contribution in [0.1, 0.15) is 19.8 Å². The SMILES string of the molecule is COCCOCC(O)CNC(C)C(=O)N1CCCC1. The van der Waals surface area contributed by atoms with Gasteiger partial charge in [-0.25, -0.2) is 0 Å². The van der Waals surface area contributed by atoms with Gasteiger partial charge in [-0.3, -0.25) is 4.79 Å². The Hall–Kier alpha value is -0.690. The van der Waals surface area contributed by atoms with E-state index in [-0.39, 0.29) is 18.6 Å². The Bertz CT molecular complexity index is 257. The number of hydrogen-bond donors (Lipinski definition) is 2. The summed E-state index contributed by atoms with van der Waals surface area (Å²) in [6.45, 7) is 5.13. The second-order valence-electron chi connectivity index (χ2n) is 4.88. The fourth-order valence-corrected chi connectivity index (χ4v) is 2.03. The van der Waals surface area contributed by atoms with Crippen LogP contribution in [0.2, 0.25) is 0 Å². The van der Waals surface area contributed by atoms with Crippen LogP contribution in [0.5, 0.6) is 0 Å². The van der Waals surface area contributed by atoms with Crippen molar-refractivity contribution in [2.75, 3.05) is 46.6 Å². The summed E-state index contributed by atoms with van der Waals surface area (Å²) in [6.07, 6.45) is 1.58. The summed E-state index contributed by atoms with van der Waals surface area (Å²) in [5.74, 6) is 0.116. The van der Waals surface area contributed by atoms with Crippen LogP contribution in [0.4, 0.5) is 0 Å². The number of aliphatic hydroxyl groups is 1. The third-order valence-electron chi connectivity index (χ3n) is 3.19. The Kier molecular flexibility index (Phi) is 7.97. The van der Waals surface area contributed by atoms with E-state index >= 15 is 0 Å². The molecule has 2 atom stereocenters. The number of nitrogens with zero attached hydrogens (tertiary/aromatic N) is 1. The van der Waals surface area contributed by atoms with E-state index in [0.717, 1.165) is 25.9 Å². The van der Waals surface area contributed by atoms with Gasteiger partial charge in [0, 0.05) is 26.7 Å². The van der Waals surface area contributed by atoms with Gasteiger partial charge >= 0.3 is 0 Å². The highest BCUT2D eigenvalue weighted by atomic mass is 16.5. The number of rotatable bonds is 9. The van der Waals surface area contributed by atoms with Gasteiger partial charge in [0.1, 0.15) is 0 Å². The third-order valence-corrected chi connectivity index (χ3v) is 3.19. The molecule has 0 bridgehead atoms. The van der Waals surface area contributed by atoms with Gasteiger partial charge in [0.25, 0.3) is 0 Å². The molecule has 1 heterocycles. The number of likely N-dealkylation sites (tertiary alicyclic amines) is 1. The Balaban J connectivity index is 2.10. The number of carbonyl (C=O) groups excluding carboxylic acids is 1. The molecular formula is C13H26N2O4. The number of ether oxygens (including phenoxy) is 2. The Labute approximate surface area is 115 Å². The van der Waals surface area contributed by atoms with Crippen molar-refractivity contribution in [3.63, 3.8) is 0 Å². The average molecular weight is 274 g/mol. The largest absolute Gasteiger partial charge is 0.389 e. The molecule has 6 heteroatoms. The maximum atomic E-state index is 12.0. The lowest BCUT2D eigenvalue weighted by molar-refractivity contribution is -0.132. The van der Waals surface area contributed by atoms with Gasteiger partial charge in [0.2, 0.25) is 5.91 Å². The summed E-state index contributed by atoms with van der Waals surface area (Å²) in [7, 11) is 1.60. The van der Waals surface area contributed by atoms with E-state index in [0.29, 0.717) is 19.8 Å². The van der Waals surface area contributed by atoms with E-state index in [1.165, 1.54) is 0 Å². The first-order valence-electron chi connectivity index (χ1n) is 6.92. The van der Waals surface area contributed by atoms with E-state index in [1.807, 2.05) is 11.8 Å². The van der Waals surface area contributed by atoms with Gasteiger partial charge in [0.05, 0.1) is 32.0 Å². The van der Waals surface area contributed by atoms with E-state index < -0.39 is 6.10 Å². The van der Waals surface area contributed by atoms with Gasteiger partial charge in [-0.05, 0) is 19.8 Å². The van der Waals surface area contributed by atoms with Crippen LogP contribution >= 0.6 is 0 Å². The van der Waals surface area contributed by atoms with Crippen LogP contribution < -0.4 is 5.32 Å². The number of aliphatic hydroxyl groups excluding tert-OH is 1. The van der Waals surface area contributed by atoms with Crippen molar-refractivity contribution >= 4 is 5.91 Å². The molecule has 19 heavy (non-hydrogen) atoms. The van der Waals surface area contributed by atoms with Crippen molar-refractivity contribution in [1.82, 2.24) is 10.2 Å². The van der Waals surface area contributed by atoms with Crippen molar-refractivity contribution in [3.05, 3.63) is 0 Å². The second-order valence-corrected chi connectivity index (χ2v) is 4.88. The number of hydrogen-bond acceptors (Lipinski definition) is 5. The first-order valence-corrected chi connectivity index (χ1v) is 6.92. The molecule has 0 radical (unpaired) electrons. The first-order chi connectivity index (χ1) is 9.15. The lowest BCUT2D eigenvalue weighted by atomic mass is 10.2. The standard InChI is InChI=1S/C13H26N2O4/c1-11(13(17)15-5-3-4-6-15)14-9-12(16)10-19-8-7-18-2/h11-12,14,16H,3-10H2,1-2H3. The minimum atomic E-state index is -0.606. The molecule has 0 aromatic heterocycles. The summed E-state index contributed by atoms with van der Waals surface area (Å²) in [5, 5.41) is 12.7. The predicted octanol–water partition coefficient (Wildman–Crippen LogP) is -0.389. The van der Waals surface area contributed by atoms with E-state index in [1.54, 1.807) is 7.11 Å². The molecule has 1 aliphatic rings. The highest BCUT2D eigenvalue weighted by molar-refractivity contribution is 5.81. The van der Waals surface area contributed by atoms with Gasteiger partial charge in [0.15, 0.2) is 0 Å². The fourth-order valence-electron chi connectivity index (χ4n) is 2.03. The highest BCUT2D eigenvalue weighted by Gasteiger charge is 2.23. The summed E-state index contributed by atoms with van der Waals surface area (Å²) in [6, 6.07) is -0.258. The topological polar surface area (TPSA) is 71.0 Å². The summed E-state index contributed by atoms with van der Waals surface area (Å²) < 4.78 is 10.1. The number of amides is 1. The molecule has 0 saturated carbocycles. The van der Waals surface area contributed by atoms with Crippen molar-refractivity contribution in [2.45, 2.75) is 31.9 Å². The predicted molar refractivity (Wildman–Crippen MR) is 72.0 cm³/mol. The Morgan fingerprint density at radius 1 is 1.37 bits per heavy atom. The van der Waals surface area contributed by atoms with Crippen LogP contribution in [0.25, 0.3) is 0 Å². The third kappa shape index (κ3) is 6.33. The van der Waals surface area contributed by atoms with Crippen LogP contribution in [0.3, 0.4) is 0 Å². The van der Waals surface area contributed by atoms with Crippen LogP contribution in [0.15, 0.2) is 0 Å². The molecule has 2 unspecified atom stereocenters. The maximum Gasteiger partial charge on any atom is 0.239 e. The number of nitrogens with one attached hydrogen (secondary N) is 1. The molecule has 1 aliphatic heterocycles. The molecule has 6 nitrogen and oxygen atoms in total. The zero-order chi connectivity index (χ0) is 14.1. The molecule has 1 fully saturated rings. The van der Waals surface area contributed by atoms with Crippen molar-refractivity contribution in [2.24, 2.45) is 0 Å². The Morgan fingerprint density at radius 2 is 2.05 bits per heavy atom. The second kappa shape index (κ2) is 9.25. The van der Waals surface area contributed by atoms with E-state index in [2.05, 4.69) is 5.32 Å². The molecule has 2 N–H and O–H groups in total.